The van der Waals surface area contributed by atoms with Gasteiger partial charge in [-0.3, -0.25) is 0 Å². The molecule has 0 rings (SSSR count). The summed E-state index contributed by atoms with van der Waals surface area (Å²) < 4.78 is 0. The van der Waals surface area contributed by atoms with Crippen molar-refractivity contribution in [1.29, 1.82) is 0 Å². The summed E-state index contributed by atoms with van der Waals surface area (Å²) in [7, 11) is 0. The third kappa shape index (κ3) is 18.1. The van der Waals surface area contributed by atoms with Crippen LogP contribution in [0.1, 0.15) is 0 Å². The Labute approximate surface area is 94.6 Å². The Kier molecular flexibility index (Phi) is 18.4. The molecular weight excluding hydrogens is 521 g/mol. The zero-order valence-corrected chi connectivity index (χ0v) is 12.9. The van der Waals surface area contributed by atoms with E-state index in [0.717, 1.165) is 0 Å². The molecule has 0 aliphatic heterocycles. The first-order chi connectivity index (χ1) is 1.73. The molecule has 29 valence electrons. The first-order valence-electron chi connectivity index (χ1n) is 0.507. The van der Waals surface area contributed by atoms with E-state index in [0.29, 0.717) is 0 Å². The van der Waals surface area contributed by atoms with Crippen LogP contribution in [-0.2, 0) is 37.6 Å². The maximum atomic E-state index is 2.46. The molecule has 0 saturated heterocycles. The van der Waals surface area contributed by atoms with E-state index in [4.69, 9.17) is 0 Å². The van der Waals surface area contributed by atoms with E-state index in [1.165, 1.54) is 0 Å². The maximum absolute atomic E-state index is 2.46. The molecule has 0 spiro atoms. The largest absolute Gasteiger partial charge is 0 e. The smallest absolute Gasteiger partial charge is 0 e. The van der Waals surface area contributed by atoms with Crippen molar-refractivity contribution >= 4 is 59.9 Å². The van der Waals surface area contributed by atoms with Crippen LogP contribution >= 0.6 is 59.9 Å². The molecule has 0 fully saturated rings. The monoisotopic (exact) mass is 521 g/mol. The second-order valence-electron chi connectivity index (χ2n) is 0.192. The molecule has 0 saturated carbocycles. The predicted octanol–water partition coefficient (Wildman–Crippen LogP) is 2.65. The average Bonchev–Trinajstić information content (AvgIpc) is 0.811. The Hall–Kier alpha value is 3.88. The van der Waals surface area contributed by atoms with Gasteiger partial charge in [0.1, 0.15) is 0 Å². The Morgan fingerprint density at radius 2 is 1.00 bits per heavy atom. The summed E-state index contributed by atoms with van der Waals surface area (Å²) >= 11 is 7.39. The molecule has 0 aliphatic rings. The van der Waals surface area contributed by atoms with Crippen molar-refractivity contribution in [1.82, 2.24) is 0 Å². The predicted molar refractivity (Wildman–Crippen MR) is 42.1 cm³/mol. The average molecular weight is 521 g/mol. The third-order valence-corrected chi connectivity index (χ3v) is 0. The second kappa shape index (κ2) is 7.88. The van der Waals surface area contributed by atoms with Crippen LogP contribution in [0.5, 0.6) is 0 Å². The summed E-state index contributed by atoms with van der Waals surface area (Å²) in [6, 6.07) is 0. The quantitative estimate of drug-likeness (QED) is 0.431. The van der Waals surface area contributed by atoms with Gasteiger partial charge >= 0.3 is 64.9 Å². The van der Waals surface area contributed by atoms with Gasteiger partial charge in [0.2, 0.25) is 0 Å². The first-order valence-corrected chi connectivity index (χ1v) is 14.0. The molecule has 5 heavy (non-hydrogen) atoms. The van der Waals surface area contributed by atoms with Gasteiger partial charge in [0.05, 0.1) is 0 Å². The summed E-state index contributed by atoms with van der Waals surface area (Å²) in [5, 5.41) is 0. The van der Waals surface area contributed by atoms with Crippen molar-refractivity contribution in [3.05, 3.63) is 0 Å². The molecule has 0 aromatic rings. The van der Waals surface area contributed by atoms with E-state index in [2.05, 4.69) is 59.9 Å². The van der Waals surface area contributed by atoms with Gasteiger partial charge in [-0.2, -0.15) is 0 Å². The minimum absolute atomic E-state index is 0. The number of hydrogen-bond acceptors (Lipinski definition) is 0. The summed E-state index contributed by atoms with van der Waals surface area (Å²) in [6.07, 6.45) is 0. The molecule has 0 amide bonds. The van der Waals surface area contributed by atoms with Gasteiger partial charge in [-0.1, -0.05) is 0 Å². The molecule has 0 aromatic heterocycles. The standard InChI is InChI=1S/3HI.V.Y/h3*1H;;/q;;;+3;/p-3. The molecule has 0 unspecified atom stereocenters. The molecule has 0 bridgehead atoms. The van der Waals surface area contributed by atoms with Crippen molar-refractivity contribution in [2.45, 2.75) is 0 Å². The third-order valence-electron chi connectivity index (χ3n) is 0. The Balaban J connectivity index is 0. The first kappa shape index (κ1) is 11.6. The van der Waals surface area contributed by atoms with Crippen molar-refractivity contribution in [2.24, 2.45) is 0 Å². The molecule has 0 N–H and O–H groups in total. The van der Waals surface area contributed by atoms with Crippen LogP contribution in [0.2, 0.25) is 0 Å². The van der Waals surface area contributed by atoms with Crippen molar-refractivity contribution < 1.29 is 37.6 Å². The minimum atomic E-state index is -0.278. The SMILES string of the molecule is [I][V]([I])[I].[Y]. The van der Waals surface area contributed by atoms with Crippen LogP contribution in [0, 0.1) is 0 Å². The summed E-state index contributed by atoms with van der Waals surface area (Å²) in [5.41, 5.74) is 0. The van der Waals surface area contributed by atoms with E-state index < -0.39 is 0 Å². The van der Waals surface area contributed by atoms with Gasteiger partial charge < -0.3 is 0 Å². The van der Waals surface area contributed by atoms with Crippen LogP contribution in [0.15, 0.2) is 0 Å². The van der Waals surface area contributed by atoms with Gasteiger partial charge in [0.25, 0.3) is 0 Å². The minimum Gasteiger partial charge on any atom is 0 e. The van der Waals surface area contributed by atoms with E-state index in [1.807, 2.05) is 0 Å². The Morgan fingerprint density at radius 3 is 1.00 bits per heavy atom. The van der Waals surface area contributed by atoms with E-state index >= 15 is 0 Å². The fraction of sp³-hybridized carbons (Fsp3) is 0. The summed E-state index contributed by atoms with van der Waals surface area (Å²) in [5.74, 6) is 0. The van der Waals surface area contributed by atoms with Crippen molar-refractivity contribution in [3.63, 3.8) is 0 Å². The molecule has 0 heterocycles. The van der Waals surface area contributed by atoms with Crippen molar-refractivity contribution in [2.75, 3.05) is 0 Å². The van der Waals surface area contributed by atoms with E-state index in [9.17, 15) is 0 Å². The van der Waals surface area contributed by atoms with Crippen molar-refractivity contribution in [3.8, 4) is 0 Å². The van der Waals surface area contributed by atoms with Gasteiger partial charge in [0, 0.05) is 32.7 Å². The van der Waals surface area contributed by atoms with Gasteiger partial charge in [-0.25, -0.2) is 0 Å². The number of halogens is 3. The molecule has 1 radical (unpaired) electrons. The van der Waals surface area contributed by atoms with Gasteiger partial charge in [0.15, 0.2) is 0 Å². The fourth-order valence-corrected chi connectivity index (χ4v) is 0. The summed E-state index contributed by atoms with van der Waals surface area (Å²) in [4.78, 5) is -0.278. The zero-order valence-electron chi connectivity index (χ0n) is 2.16. The van der Waals surface area contributed by atoms with Crippen LogP contribution < -0.4 is 0 Å². The molecule has 0 atom stereocenters. The molecular formula is I3VY. The van der Waals surface area contributed by atoms with E-state index in [-0.39, 0.29) is 37.6 Å². The molecule has 0 aromatic carbocycles. The number of hydrogen-bond donors (Lipinski definition) is 0. The fourth-order valence-electron chi connectivity index (χ4n) is 0. The normalized spacial score (nSPS) is 7.20. The maximum Gasteiger partial charge on any atom is 0 e. The second-order valence-corrected chi connectivity index (χ2v) is 35.6. The van der Waals surface area contributed by atoms with Gasteiger partial charge in [-0.15, -0.1) is 0 Å². The number of rotatable bonds is 0. The molecule has 0 nitrogen and oxygen atoms in total. The van der Waals surface area contributed by atoms with Crippen LogP contribution in [0.4, 0.5) is 0 Å². The summed E-state index contributed by atoms with van der Waals surface area (Å²) in [6.45, 7) is 0. The Morgan fingerprint density at radius 1 is 1.00 bits per heavy atom. The zero-order chi connectivity index (χ0) is 3.58. The van der Waals surface area contributed by atoms with Gasteiger partial charge in [-0.05, 0) is 0 Å². The van der Waals surface area contributed by atoms with Crippen LogP contribution in [-0.4, -0.2) is 0 Å². The van der Waals surface area contributed by atoms with Crippen LogP contribution in [0.25, 0.3) is 0 Å². The van der Waals surface area contributed by atoms with E-state index in [1.54, 1.807) is 0 Å². The van der Waals surface area contributed by atoms with Crippen LogP contribution in [0.3, 0.4) is 0 Å². The molecule has 5 heteroatoms. The Bertz CT molecular complexity index is 11.6. The molecule has 0 aliphatic carbocycles. The topological polar surface area (TPSA) is 0 Å².